The van der Waals surface area contributed by atoms with Crippen LogP contribution in [0.5, 0.6) is 0 Å². The first kappa shape index (κ1) is 23.9. The second kappa shape index (κ2) is 8.99. The highest BCUT2D eigenvalue weighted by atomic mass is 35.5. The molecule has 0 bridgehead atoms. The molecule has 5 nitrogen and oxygen atoms in total. The Labute approximate surface area is 188 Å². The highest BCUT2D eigenvalue weighted by molar-refractivity contribution is 7.92. The molecule has 3 aromatic rings. The van der Waals surface area contributed by atoms with Crippen molar-refractivity contribution in [1.82, 2.24) is 5.32 Å². The lowest BCUT2D eigenvalue weighted by atomic mass is 10.1. The molecule has 0 fully saturated rings. The van der Waals surface area contributed by atoms with Crippen LogP contribution < -0.4 is 9.62 Å². The largest absolute Gasteiger partial charge is 0.417 e. The molecule has 0 unspecified atom stereocenters. The van der Waals surface area contributed by atoms with Crippen LogP contribution in [0.25, 0.3) is 10.8 Å². The summed E-state index contributed by atoms with van der Waals surface area (Å²) in [7, 11) is -4.09. The van der Waals surface area contributed by atoms with Crippen molar-refractivity contribution in [3.63, 3.8) is 0 Å². The molecule has 1 atom stereocenters. The smallest absolute Gasteiger partial charge is 0.350 e. The molecule has 1 N–H and O–H groups in total. The number of carbonyl (C=O) groups excluding carboxylic acids is 1. The minimum Gasteiger partial charge on any atom is -0.350 e. The first-order valence-electron chi connectivity index (χ1n) is 9.49. The molecule has 0 aliphatic carbocycles. The Kier molecular flexibility index (Phi) is 6.71. The molecule has 0 saturated heterocycles. The van der Waals surface area contributed by atoms with Crippen molar-refractivity contribution in [3.05, 3.63) is 76.8 Å². The third-order valence-corrected chi connectivity index (χ3v) is 6.45. The lowest BCUT2D eigenvalue weighted by Gasteiger charge is -2.29. The number of rotatable bonds is 6. The lowest BCUT2D eigenvalue weighted by Crippen LogP contribution is -2.47. The molecule has 0 aliphatic rings. The van der Waals surface area contributed by atoms with Gasteiger partial charge in [0.1, 0.15) is 6.04 Å². The van der Waals surface area contributed by atoms with Crippen LogP contribution in [0.1, 0.15) is 18.1 Å². The maximum atomic E-state index is 13.2. The molecular formula is C22H20ClF3N2O3S. The van der Waals surface area contributed by atoms with Crippen LogP contribution in [0.2, 0.25) is 5.02 Å². The second-order valence-corrected chi connectivity index (χ2v) is 9.56. The molecule has 0 heterocycles. The Morgan fingerprint density at radius 3 is 2.34 bits per heavy atom. The number of nitrogens with zero attached hydrogens (tertiary/aromatic N) is 1. The fourth-order valence-corrected chi connectivity index (χ4v) is 4.75. The third kappa shape index (κ3) is 5.34. The van der Waals surface area contributed by atoms with E-state index in [2.05, 4.69) is 5.32 Å². The molecule has 0 saturated carbocycles. The van der Waals surface area contributed by atoms with Crippen molar-refractivity contribution < 1.29 is 26.4 Å². The number of hydrogen-bond acceptors (Lipinski definition) is 3. The summed E-state index contributed by atoms with van der Waals surface area (Å²) in [5, 5.41) is 4.09. The molecular weight excluding hydrogens is 465 g/mol. The number of anilines is 1. The van der Waals surface area contributed by atoms with Crippen LogP contribution in [0.4, 0.5) is 18.9 Å². The van der Waals surface area contributed by atoms with E-state index in [1.54, 1.807) is 0 Å². The average molecular weight is 485 g/mol. The van der Waals surface area contributed by atoms with E-state index < -0.39 is 38.7 Å². The van der Waals surface area contributed by atoms with Gasteiger partial charge in [0.2, 0.25) is 15.9 Å². The van der Waals surface area contributed by atoms with Crippen molar-refractivity contribution in [3.8, 4) is 0 Å². The van der Waals surface area contributed by atoms with Crippen molar-refractivity contribution in [2.45, 2.75) is 25.7 Å². The highest BCUT2D eigenvalue weighted by Gasteiger charge is 2.36. The predicted molar refractivity (Wildman–Crippen MR) is 119 cm³/mol. The van der Waals surface area contributed by atoms with Gasteiger partial charge in [0.15, 0.2) is 0 Å². The zero-order chi connectivity index (χ0) is 23.7. The molecule has 3 aromatic carbocycles. The molecule has 0 aliphatic heterocycles. The van der Waals surface area contributed by atoms with Crippen molar-refractivity contribution >= 4 is 44.0 Å². The molecule has 0 spiro atoms. The van der Waals surface area contributed by atoms with Crippen LogP contribution >= 0.6 is 11.6 Å². The Hall–Kier alpha value is -2.78. The van der Waals surface area contributed by atoms with Crippen molar-refractivity contribution in [1.29, 1.82) is 0 Å². The fourth-order valence-electron chi connectivity index (χ4n) is 3.36. The van der Waals surface area contributed by atoms with Crippen molar-refractivity contribution in [2.75, 3.05) is 10.6 Å². The molecule has 170 valence electrons. The van der Waals surface area contributed by atoms with Crippen molar-refractivity contribution in [2.24, 2.45) is 0 Å². The van der Waals surface area contributed by atoms with Gasteiger partial charge in [-0.25, -0.2) is 8.42 Å². The first-order chi connectivity index (χ1) is 14.9. The van der Waals surface area contributed by atoms with Gasteiger partial charge in [-0.05, 0) is 47.5 Å². The lowest BCUT2D eigenvalue weighted by molar-refractivity contribution is -0.137. The summed E-state index contributed by atoms with van der Waals surface area (Å²) in [5.41, 5.74) is -0.701. The minimum absolute atomic E-state index is 0.125. The van der Waals surface area contributed by atoms with E-state index in [0.29, 0.717) is 10.4 Å². The fraction of sp³-hybridized carbons (Fsp3) is 0.227. The molecule has 1 amide bonds. The van der Waals surface area contributed by atoms with Gasteiger partial charge in [-0.1, -0.05) is 48.0 Å². The summed E-state index contributed by atoms with van der Waals surface area (Å²) in [6, 6.07) is 14.7. The number of benzene rings is 3. The Bertz CT molecular complexity index is 1260. The van der Waals surface area contributed by atoms with E-state index >= 15 is 0 Å². The van der Waals surface area contributed by atoms with Gasteiger partial charge in [-0.2, -0.15) is 13.2 Å². The summed E-state index contributed by atoms with van der Waals surface area (Å²) in [4.78, 5) is 12.7. The van der Waals surface area contributed by atoms with Crippen LogP contribution in [-0.2, 0) is 27.5 Å². The van der Waals surface area contributed by atoms with Gasteiger partial charge in [-0.15, -0.1) is 0 Å². The summed E-state index contributed by atoms with van der Waals surface area (Å²) in [6.45, 7) is 1.43. The van der Waals surface area contributed by atoms with E-state index in [0.717, 1.165) is 34.7 Å². The zero-order valence-corrected chi connectivity index (χ0v) is 18.7. The van der Waals surface area contributed by atoms with E-state index in [1.807, 2.05) is 42.5 Å². The molecule has 3 rings (SSSR count). The Balaban J connectivity index is 1.84. The van der Waals surface area contributed by atoms with Crippen LogP contribution in [0, 0.1) is 0 Å². The molecule has 0 aromatic heterocycles. The maximum Gasteiger partial charge on any atom is 0.417 e. The first-order valence-corrected chi connectivity index (χ1v) is 11.7. The van der Waals surface area contributed by atoms with E-state index in [9.17, 15) is 26.4 Å². The average Bonchev–Trinajstić information content (AvgIpc) is 2.71. The number of hydrogen-bond donors (Lipinski definition) is 1. The monoisotopic (exact) mass is 484 g/mol. The van der Waals surface area contributed by atoms with Crippen LogP contribution in [0.15, 0.2) is 60.7 Å². The molecule has 32 heavy (non-hydrogen) atoms. The zero-order valence-electron chi connectivity index (χ0n) is 17.2. The number of halogens is 4. The summed E-state index contributed by atoms with van der Waals surface area (Å²) in [6.07, 6.45) is -3.96. The summed E-state index contributed by atoms with van der Waals surface area (Å²) >= 11 is 5.63. The van der Waals surface area contributed by atoms with Gasteiger partial charge in [0.05, 0.1) is 22.5 Å². The predicted octanol–water partition coefficient (Wildman–Crippen LogP) is 4.98. The van der Waals surface area contributed by atoms with Gasteiger partial charge < -0.3 is 5.32 Å². The topological polar surface area (TPSA) is 66.5 Å². The van der Waals surface area contributed by atoms with Crippen LogP contribution in [0.3, 0.4) is 0 Å². The number of sulfonamides is 1. The highest BCUT2D eigenvalue weighted by Crippen LogP contribution is 2.37. The summed E-state index contributed by atoms with van der Waals surface area (Å²) < 4.78 is 65.1. The quantitative estimate of drug-likeness (QED) is 0.536. The number of amides is 1. The maximum absolute atomic E-state index is 13.2. The van der Waals surface area contributed by atoms with Gasteiger partial charge in [0, 0.05) is 6.54 Å². The Morgan fingerprint density at radius 2 is 1.72 bits per heavy atom. The molecule has 0 radical (unpaired) electrons. The van der Waals surface area contributed by atoms with E-state index in [4.69, 9.17) is 11.6 Å². The van der Waals surface area contributed by atoms with Gasteiger partial charge in [0.25, 0.3) is 0 Å². The minimum atomic E-state index is -4.78. The number of carbonyl (C=O) groups is 1. The van der Waals surface area contributed by atoms with Gasteiger partial charge in [-0.3, -0.25) is 9.10 Å². The number of alkyl halides is 3. The summed E-state index contributed by atoms with van der Waals surface area (Å²) in [5.74, 6) is -0.660. The van der Waals surface area contributed by atoms with E-state index in [1.165, 1.54) is 6.92 Å². The molecule has 10 heteroatoms. The second-order valence-electron chi connectivity index (χ2n) is 7.30. The third-order valence-electron chi connectivity index (χ3n) is 4.88. The normalized spacial score (nSPS) is 13.1. The SMILES string of the molecule is C[C@@H](C(=O)NCc1ccc2ccccc2c1)N(c1ccc(Cl)c(C(F)(F)F)c1)S(C)(=O)=O. The van der Waals surface area contributed by atoms with Gasteiger partial charge >= 0.3 is 6.18 Å². The van der Waals surface area contributed by atoms with Crippen LogP contribution in [-0.4, -0.2) is 26.6 Å². The Morgan fingerprint density at radius 1 is 1.06 bits per heavy atom. The standard InChI is InChI=1S/C22H20ClF3N2O3S/c1-14(21(29)27-13-15-7-8-16-5-3-4-6-17(16)11-15)28(32(2,30)31)18-9-10-20(23)19(12-18)22(24,25)26/h3-12,14H,13H2,1-2H3,(H,27,29)/t14-/m0/s1. The number of nitrogens with one attached hydrogen (secondary N) is 1. The van der Waals surface area contributed by atoms with E-state index in [-0.39, 0.29) is 12.2 Å². The number of fused-ring (bicyclic) bond motifs is 1.